The van der Waals surface area contributed by atoms with Crippen LogP contribution in [0.25, 0.3) is 10.8 Å². The van der Waals surface area contributed by atoms with Crippen LogP contribution in [0.1, 0.15) is 5.56 Å². The SMILES string of the molecule is [C+]1=CC[Se]c2ccc3ccccc3c21. The molecule has 0 N–H and O–H groups in total. The molecule has 3 rings (SSSR count). The predicted octanol–water partition coefficient (Wildman–Crippen LogP) is 2.31. The van der Waals surface area contributed by atoms with Gasteiger partial charge >= 0.3 is 89.6 Å². The van der Waals surface area contributed by atoms with E-state index in [1.165, 1.54) is 26.1 Å². The standard InChI is InChI=1S/C13H9Se/c1-2-5-11-10(4-1)7-8-13-12(11)6-3-9-14-13/h1-5,7-8H,9H2/q+1. The quantitative estimate of drug-likeness (QED) is 0.493. The van der Waals surface area contributed by atoms with Crippen molar-refractivity contribution in [2.24, 2.45) is 0 Å². The van der Waals surface area contributed by atoms with E-state index in [0.29, 0.717) is 15.0 Å². The molecule has 0 saturated carbocycles. The van der Waals surface area contributed by atoms with Gasteiger partial charge in [-0.05, 0) is 0 Å². The monoisotopic (exact) mass is 245 g/mol. The topological polar surface area (TPSA) is 0 Å². The van der Waals surface area contributed by atoms with Crippen LogP contribution in [0, 0.1) is 6.08 Å². The number of hydrogen-bond donors (Lipinski definition) is 0. The fourth-order valence-corrected chi connectivity index (χ4v) is 3.52. The molecule has 0 fully saturated rings. The molecule has 2 aromatic rings. The molecular weight excluding hydrogens is 235 g/mol. The van der Waals surface area contributed by atoms with Crippen LogP contribution in [-0.4, -0.2) is 15.0 Å². The summed E-state index contributed by atoms with van der Waals surface area (Å²) in [6.45, 7) is 0. The molecule has 0 aliphatic carbocycles. The van der Waals surface area contributed by atoms with Crippen LogP contribution in [0.15, 0.2) is 42.5 Å². The van der Waals surface area contributed by atoms with Crippen molar-refractivity contribution in [1.29, 1.82) is 0 Å². The van der Waals surface area contributed by atoms with Crippen molar-refractivity contribution in [1.82, 2.24) is 0 Å². The van der Waals surface area contributed by atoms with Gasteiger partial charge in [-0.2, -0.15) is 0 Å². The molecule has 2 aromatic carbocycles. The zero-order chi connectivity index (χ0) is 9.38. The van der Waals surface area contributed by atoms with Gasteiger partial charge in [0, 0.05) is 0 Å². The van der Waals surface area contributed by atoms with Crippen molar-refractivity contribution in [3.63, 3.8) is 0 Å². The van der Waals surface area contributed by atoms with Gasteiger partial charge in [0.1, 0.15) is 0 Å². The molecule has 0 unspecified atom stereocenters. The number of hydrogen-bond acceptors (Lipinski definition) is 0. The van der Waals surface area contributed by atoms with Crippen molar-refractivity contribution in [2.45, 2.75) is 5.32 Å². The first-order chi connectivity index (χ1) is 6.95. The van der Waals surface area contributed by atoms with E-state index in [0.717, 1.165) is 0 Å². The molecule has 0 spiro atoms. The van der Waals surface area contributed by atoms with Gasteiger partial charge in [-0.15, -0.1) is 0 Å². The molecule has 1 heterocycles. The molecule has 0 saturated heterocycles. The molecule has 1 aliphatic rings. The van der Waals surface area contributed by atoms with Gasteiger partial charge in [0.25, 0.3) is 0 Å². The van der Waals surface area contributed by atoms with Gasteiger partial charge in [0.15, 0.2) is 0 Å². The fourth-order valence-electron chi connectivity index (χ4n) is 1.80. The van der Waals surface area contributed by atoms with E-state index < -0.39 is 0 Å². The molecular formula is C13H9Se+. The van der Waals surface area contributed by atoms with Crippen LogP contribution >= 0.6 is 0 Å². The third-order valence-electron chi connectivity index (χ3n) is 2.46. The van der Waals surface area contributed by atoms with Gasteiger partial charge < -0.3 is 0 Å². The first kappa shape index (κ1) is 8.20. The van der Waals surface area contributed by atoms with Gasteiger partial charge in [-0.25, -0.2) is 0 Å². The Morgan fingerprint density at radius 2 is 2.00 bits per heavy atom. The van der Waals surface area contributed by atoms with E-state index in [1.54, 1.807) is 0 Å². The number of allylic oxidation sites excluding steroid dienone is 1. The van der Waals surface area contributed by atoms with Crippen molar-refractivity contribution in [2.75, 3.05) is 0 Å². The van der Waals surface area contributed by atoms with Gasteiger partial charge in [-0.1, -0.05) is 0 Å². The second-order valence-corrected chi connectivity index (χ2v) is 5.55. The third kappa shape index (κ3) is 1.19. The summed E-state index contributed by atoms with van der Waals surface area (Å²) in [6.07, 6.45) is 5.57. The molecule has 0 aromatic heterocycles. The normalized spacial score (nSPS) is 13.7. The van der Waals surface area contributed by atoms with E-state index in [9.17, 15) is 0 Å². The Bertz CT molecular complexity index is 512. The maximum atomic E-state index is 3.40. The molecule has 66 valence electrons. The van der Waals surface area contributed by atoms with E-state index in [4.69, 9.17) is 0 Å². The van der Waals surface area contributed by atoms with Crippen molar-refractivity contribution in [3.8, 4) is 0 Å². The second-order valence-electron chi connectivity index (χ2n) is 3.32. The van der Waals surface area contributed by atoms with Crippen LogP contribution in [0.4, 0.5) is 0 Å². The molecule has 0 radical (unpaired) electrons. The third-order valence-corrected chi connectivity index (χ3v) is 4.53. The van der Waals surface area contributed by atoms with E-state index in [1.807, 2.05) is 0 Å². The van der Waals surface area contributed by atoms with Gasteiger partial charge in [0.05, 0.1) is 0 Å². The van der Waals surface area contributed by atoms with Crippen molar-refractivity contribution >= 4 is 30.2 Å². The summed E-state index contributed by atoms with van der Waals surface area (Å²) in [5.41, 5.74) is 1.33. The minimum absolute atomic E-state index is 0.616. The van der Waals surface area contributed by atoms with Crippen LogP contribution < -0.4 is 4.46 Å². The summed E-state index contributed by atoms with van der Waals surface area (Å²) in [4.78, 5) is 0. The Morgan fingerprint density at radius 3 is 3.00 bits per heavy atom. The Balaban J connectivity index is 2.42. The molecule has 14 heavy (non-hydrogen) atoms. The van der Waals surface area contributed by atoms with Crippen LogP contribution in [0.5, 0.6) is 0 Å². The van der Waals surface area contributed by atoms with E-state index in [2.05, 4.69) is 48.6 Å². The first-order valence-corrected chi connectivity index (χ1v) is 6.75. The number of benzene rings is 2. The fraction of sp³-hybridized carbons (Fsp3) is 0.0769. The van der Waals surface area contributed by atoms with Crippen molar-refractivity contribution in [3.05, 3.63) is 54.1 Å². The van der Waals surface area contributed by atoms with Gasteiger partial charge in [0.2, 0.25) is 0 Å². The summed E-state index contributed by atoms with van der Waals surface area (Å²) in [5.74, 6) is 0. The molecule has 1 heteroatoms. The molecule has 0 bridgehead atoms. The molecule has 0 atom stereocenters. The average Bonchev–Trinajstić information content (AvgIpc) is 2.29. The van der Waals surface area contributed by atoms with Gasteiger partial charge in [-0.3, -0.25) is 0 Å². The van der Waals surface area contributed by atoms with Crippen LogP contribution in [0.2, 0.25) is 5.32 Å². The zero-order valence-electron chi connectivity index (χ0n) is 7.66. The molecule has 1 aliphatic heterocycles. The summed E-state index contributed by atoms with van der Waals surface area (Å²) >= 11 is 0.616. The maximum absolute atomic E-state index is 3.40. The average molecular weight is 244 g/mol. The van der Waals surface area contributed by atoms with E-state index in [-0.39, 0.29) is 0 Å². The minimum atomic E-state index is 0.616. The zero-order valence-corrected chi connectivity index (χ0v) is 9.37. The second kappa shape index (κ2) is 3.22. The number of fused-ring (bicyclic) bond motifs is 3. The predicted molar refractivity (Wildman–Crippen MR) is 61.1 cm³/mol. The van der Waals surface area contributed by atoms with Crippen molar-refractivity contribution < 1.29 is 0 Å². The summed E-state index contributed by atoms with van der Waals surface area (Å²) in [6, 6.07) is 13.0. The Hall–Kier alpha value is -1.13. The molecule has 0 nitrogen and oxygen atoms in total. The molecule has 0 amide bonds. The van der Waals surface area contributed by atoms with Crippen LogP contribution in [-0.2, 0) is 0 Å². The van der Waals surface area contributed by atoms with Crippen LogP contribution in [0.3, 0.4) is 0 Å². The van der Waals surface area contributed by atoms with E-state index >= 15 is 0 Å². The Labute approximate surface area is 89.8 Å². The Morgan fingerprint density at radius 1 is 1.07 bits per heavy atom. The summed E-state index contributed by atoms with van der Waals surface area (Å²) < 4.78 is 1.50. The number of rotatable bonds is 0. The summed E-state index contributed by atoms with van der Waals surface area (Å²) in [5, 5.41) is 3.87. The Kier molecular flexibility index (Phi) is 1.89. The first-order valence-electron chi connectivity index (χ1n) is 4.68. The summed E-state index contributed by atoms with van der Waals surface area (Å²) in [7, 11) is 0.